The molecule has 148 valence electrons. The largest absolute Gasteiger partial charge is 0.378 e. The number of benzene rings is 2. The maximum absolute atomic E-state index is 12.8. The van der Waals surface area contributed by atoms with Gasteiger partial charge in [0.1, 0.15) is 0 Å². The molecule has 7 nitrogen and oxygen atoms in total. The quantitative estimate of drug-likeness (QED) is 0.741. The molecule has 1 amide bonds. The third-order valence-corrected chi connectivity index (χ3v) is 4.92. The lowest BCUT2D eigenvalue weighted by Crippen LogP contribution is -2.36. The van der Waals surface area contributed by atoms with Crippen LogP contribution in [0.15, 0.2) is 65.5 Å². The molecule has 29 heavy (non-hydrogen) atoms. The van der Waals surface area contributed by atoms with Gasteiger partial charge in [0.25, 0.3) is 11.5 Å². The Labute approximate surface area is 168 Å². The Kier molecular flexibility index (Phi) is 5.39. The predicted molar refractivity (Wildman–Crippen MR) is 112 cm³/mol. The molecule has 1 aliphatic heterocycles. The van der Waals surface area contributed by atoms with Crippen molar-refractivity contribution < 1.29 is 9.53 Å². The van der Waals surface area contributed by atoms with Gasteiger partial charge in [0.05, 0.1) is 24.6 Å². The van der Waals surface area contributed by atoms with E-state index in [-0.39, 0.29) is 11.5 Å². The minimum atomic E-state index is -0.198. The molecule has 0 bridgehead atoms. The first-order valence-electron chi connectivity index (χ1n) is 9.50. The second kappa shape index (κ2) is 8.28. The van der Waals surface area contributed by atoms with Gasteiger partial charge in [-0.05, 0) is 36.4 Å². The van der Waals surface area contributed by atoms with Gasteiger partial charge in [0, 0.05) is 43.0 Å². The minimum Gasteiger partial charge on any atom is -0.378 e. The van der Waals surface area contributed by atoms with Crippen LogP contribution in [0.25, 0.3) is 11.3 Å². The molecule has 0 aliphatic carbocycles. The molecule has 2 aromatic carbocycles. The van der Waals surface area contributed by atoms with E-state index in [9.17, 15) is 9.59 Å². The van der Waals surface area contributed by atoms with Crippen molar-refractivity contribution in [2.75, 3.05) is 36.5 Å². The maximum atomic E-state index is 12.8. The van der Waals surface area contributed by atoms with Gasteiger partial charge < -0.3 is 15.0 Å². The number of hydrogen-bond donors (Lipinski definition) is 1. The molecular weight excluding hydrogens is 368 g/mol. The van der Waals surface area contributed by atoms with Crippen LogP contribution in [-0.2, 0) is 11.8 Å². The van der Waals surface area contributed by atoms with Gasteiger partial charge in [-0.3, -0.25) is 9.59 Å². The Hall–Kier alpha value is -3.45. The number of nitrogens with zero attached hydrogens (tertiary/aromatic N) is 3. The fourth-order valence-corrected chi connectivity index (χ4v) is 3.30. The number of aromatic nitrogens is 2. The van der Waals surface area contributed by atoms with Crippen LogP contribution in [0.5, 0.6) is 0 Å². The number of amides is 1. The summed E-state index contributed by atoms with van der Waals surface area (Å²) >= 11 is 0. The average molecular weight is 390 g/mol. The van der Waals surface area contributed by atoms with Crippen LogP contribution in [0.3, 0.4) is 0 Å². The van der Waals surface area contributed by atoms with E-state index in [1.54, 1.807) is 13.1 Å². The average Bonchev–Trinajstić information content (AvgIpc) is 2.77. The summed E-state index contributed by atoms with van der Waals surface area (Å²) in [6, 6.07) is 18.1. The highest BCUT2D eigenvalue weighted by atomic mass is 16.5. The molecular formula is C22H22N4O3. The van der Waals surface area contributed by atoms with E-state index in [2.05, 4.69) is 15.3 Å². The Morgan fingerprint density at radius 1 is 1.00 bits per heavy atom. The molecule has 3 aromatic rings. The summed E-state index contributed by atoms with van der Waals surface area (Å²) in [4.78, 5) is 26.6. The summed E-state index contributed by atoms with van der Waals surface area (Å²) in [6.07, 6.45) is 0. The first-order valence-corrected chi connectivity index (χ1v) is 9.50. The Morgan fingerprint density at radius 2 is 1.72 bits per heavy atom. The molecule has 1 fully saturated rings. The van der Waals surface area contributed by atoms with E-state index in [1.165, 1.54) is 10.7 Å². The van der Waals surface area contributed by atoms with Crippen molar-refractivity contribution in [1.82, 2.24) is 9.78 Å². The van der Waals surface area contributed by atoms with Gasteiger partial charge in [-0.15, -0.1) is 0 Å². The van der Waals surface area contributed by atoms with Crippen molar-refractivity contribution in [3.05, 3.63) is 76.6 Å². The van der Waals surface area contributed by atoms with Crippen molar-refractivity contribution in [3.63, 3.8) is 0 Å². The molecule has 0 radical (unpaired) electrons. The van der Waals surface area contributed by atoms with E-state index in [0.29, 0.717) is 16.9 Å². The summed E-state index contributed by atoms with van der Waals surface area (Å²) in [5.41, 5.74) is 3.48. The lowest BCUT2D eigenvalue weighted by Gasteiger charge is -2.28. The molecule has 0 atom stereocenters. The third kappa shape index (κ3) is 4.20. The number of carbonyl (C=O) groups is 1. The van der Waals surface area contributed by atoms with E-state index >= 15 is 0 Å². The van der Waals surface area contributed by atoms with E-state index in [1.807, 2.05) is 48.5 Å². The number of para-hydroxylation sites is 1. The monoisotopic (exact) mass is 390 g/mol. The zero-order chi connectivity index (χ0) is 20.2. The van der Waals surface area contributed by atoms with Crippen molar-refractivity contribution in [2.24, 2.45) is 7.05 Å². The number of ether oxygens (including phenoxy) is 1. The van der Waals surface area contributed by atoms with Crippen molar-refractivity contribution in [1.29, 1.82) is 0 Å². The van der Waals surface area contributed by atoms with Crippen molar-refractivity contribution in [2.45, 2.75) is 0 Å². The van der Waals surface area contributed by atoms with Gasteiger partial charge in [0.2, 0.25) is 0 Å². The second-order valence-electron chi connectivity index (χ2n) is 6.83. The van der Waals surface area contributed by atoms with Crippen LogP contribution in [0.2, 0.25) is 0 Å². The van der Waals surface area contributed by atoms with Crippen molar-refractivity contribution >= 4 is 17.3 Å². The second-order valence-corrected chi connectivity index (χ2v) is 6.83. The van der Waals surface area contributed by atoms with Gasteiger partial charge in [-0.25, -0.2) is 4.68 Å². The van der Waals surface area contributed by atoms with E-state index < -0.39 is 0 Å². The Morgan fingerprint density at radius 3 is 2.45 bits per heavy atom. The van der Waals surface area contributed by atoms with Gasteiger partial charge in [-0.1, -0.05) is 18.2 Å². The standard InChI is InChI=1S/C22H22N4O3/c1-25-21(27)11-10-20(24-25)18-4-2-3-5-19(18)23-22(28)16-6-8-17(9-7-16)26-12-14-29-15-13-26/h2-11H,12-15H2,1H3,(H,23,28). The molecule has 7 heteroatoms. The highest BCUT2D eigenvalue weighted by molar-refractivity contribution is 6.06. The number of carbonyl (C=O) groups excluding carboxylic acids is 1. The molecule has 1 aromatic heterocycles. The van der Waals surface area contributed by atoms with E-state index in [0.717, 1.165) is 37.6 Å². The van der Waals surface area contributed by atoms with Crippen LogP contribution in [-0.4, -0.2) is 42.0 Å². The maximum Gasteiger partial charge on any atom is 0.266 e. The fraction of sp³-hybridized carbons (Fsp3) is 0.227. The number of rotatable bonds is 4. The lowest BCUT2D eigenvalue weighted by molar-refractivity contribution is 0.102. The molecule has 0 saturated carbocycles. The van der Waals surface area contributed by atoms with Crippen molar-refractivity contribution in [3.8, 4) is 11.3 Å². The van der Waals surface area contributed by atoms with Crippen LogP contribution in [0.1, 0.15) is 10.4 Å². The summed E-state index contributed by atoms with van der Waals surface area (Å²) in [7, 11) is 1.60. The summed E-state index contributed by atoms with van der Waals surface area (Å²) in [5, 5.41) is 7.24. The Bertz CT molecular complexity index is 1070. The molecule has 1 saturated heterocycles. The smallest absolute Gasteiger partial charge is 0.266 e. The highest BCUT2D eigenvalue weighted by Gasteiger charge is 2.14. The summed E-state index contributed by atoms with van der Waals surface area (Å²) in [6.45, 7) is 3.15. The first kappa shape index (κ1) is 18.9. The molecule has 1 aliphatic rings. The molecule has 0 spiro atoms. The summed E-state index contributed by atoms with van der Waals surface area (Å²) < 4.78 is 6.66. The van der Waals surface area contributed by atoms with Crippen LogP contribution in [0.4, 0.5) is 11.4 Å². The van der Waals surface area contributed by atoms with Crippen LogP contribution >= 0.6 is 0 Å². The van der Waals surface area contributed by atoms with Crippen LogP contribution in [0, 0.1) is 0 Å². The lowest BCUT2D eigenvalue weighted by atomic mass is 10.1. The highest BCUT2D eigenvalue weighted by Crippen LogP contribution is 2.26. The normalized spacial score (nSPS) is 13.9. The predicted octanol–water partition coefficient (Wildman–Crippen LogP) is 2.54. The molecule has 1 N–H and O–H groups in total. The van der Waals surface area contributed by atoms with Crippen LogP contribution < -0.4 is 15.8 Å². The third-order valence-electron chi connectivity index (χ3n) is 4.92. The van der Waals surface area contributed by atoms with Gasteiger partial charge in [-0.2, -0.15) is 5.10 Å². The number of anilines is 2. The number of aryl methyl sites for hydroxylation is 1. The Balaban J connectivity index is 1.54. The molecule has 0 unspecified atom stereocenters. The van der Waals surface area contributed by atoms with Gasteiger partial charge >= 0.3 is 0 Å². The topological polar surface area (TPSA) is 76.5 Å². The number of nitrogens with one attached hydrogen (secondary N) is 1. The van der Waals surface area contributed by atoms with E-state index in [4.69, 9.17) is 4.74 Å². The fourth-order valence-electron chi connectivity index (χ4n) is 3.30. The summed E-state index contributed by atoms with van der Waals surface area (Å²) in [5.74, 6) is -0.198. The first-order chi connectivity index (χ1) is 14.1. The number of morpholine rings is 1. The molecule has 4 rings (SSSR count). The number of hydrogen-bond acceptors (Lipinski definition) is 5. The molecule has 2 heterocycles. The zero-order valence-corrected chi connectivity index (χ0v) is 16.2. The SMILES string of the molecule is Cn1nc(-c2ccccc2NC(=O)c2ccc(N3CCOCC3)cc2)ccc1=O. The zero-order valence-electron chi connectivity index (χ0n) is 16.2. The van der Waals surface area contributed by atoms with Gasteiger partial charge in [0.15, 0.2) is 0 Å². The minimum absolute atomic E-state index is 0.185.